The van der Waals surface area contributed by atoms with Gasteiger partial charge in [0.1, 0.15) is 11.1 Å². The van der Waals surface area contributed by atoms with Crippen molar-refractivity contribution in [2.75, 3.05) is 14.1 Å². The number of barbiturate groups is 1. The molecule has 0 aromatic carbocycles. The highest BCUT2D eigenvalue weighted by Gasteiger charge is 2.28. The molecule has 0 unspecified atom stereocenters. The fourth-order valence-corrected chi connectivity index (χ4v) is 1.37. The van der Waals surface area contributed by atoms with Gasteiger partial charge in [-0.2, -0.15) is 0 Å². The van der Waals surface area contributed by atoms with Crippen LogP contribution >= 0.6 is 0 Å². The van der Waals surface area contributed by atoms with Crippen LogP contribution in [0.5, 0.6) is 5.88 Å². The zero-order chi connectivity index (χ0) is 16.9. The summed E-state index contributed by atoms with van der Waals surface area (Å²) in [7, 11) is 3.75. The summed E-state index contributed by atoms with van der Waals surface area (Å²) in [6.07, 6.45) is 0.751. The molecule has 6 N–H and O–H groups in total. The first-order valence-corrected chi connectivity index (χ1v) is 5.82. The summed E-state index contributed by atoms with van der Waals surface area (Å²) in [5.74, 6) is -2.86. The molecule has 2 heterocycles. The maximum absolute atomic E-state index is 11.4. The summed E-state index contributed by atoms with van der Waals surface area (Å²) in [5.41, 5.74) is -3.00. The molecule has 1 aliphatic rings. The van der Waals surface area contributed by atoms with Gasteiger partial charge in [-0.25, -0.2) is 9.59 Å². The van der Waals surface area contributed by atoms with E-state index in [1.54, 1.807) is 15.6 Å². The maximum Gasteiger partial charge on any atom is 0.328 e. The van der Waals surface area contributed by atoms with Crippen LogP contribution in [0.25, 0.3) is 6.08 Å². The average Bonchev–Trinajstić information content (AvgIpc) is 2.36. The van der Waals surface area contributed by atoms with Crippen LogP contribution in [0.4, 0.5) is 4.79 Å². The largest absolute Gasteiger partial charge is 0.494 e. The van der Waals surface area contributed by atoms with Crippen molar-refractivity contribution in [2.24, 2.45) is 0 Å². The van der Waals surface area contributed by atoms with Crippen LogP contribution in [-0.4, -0.2) is 47.0 Å². The lowest BCUT2D eigenvalue weighted by Crippen LogP contribution is -2.51. The van der Waals surface area contributed by atoms with Gasteiger partial charge in [0, 0.05) is 0 Å². The SMILES string of the molecule is CNC.O=C1NC(=O)C(=Cc2c(O)[nH]c(=O)[nH]c2=O)C(=O)N1. The highest BCUT2D eigenvalue weighted by molar-refractivity contribution is 6.31. The molecule has 0 aliphatic carbocycles. The van der Waals surface area contributed by atoms with Crippen molar-refractivity contribution in [1.82, 2.24) is 25.9 Å². The predicted octanol–water partition coefficient (Wildman–Crippen LogP) is -2.65. The molecule has 2 rings (SSSR count). The van der Waals surface area contributed by atoms with Crippen LogP contribution in [0.15, 0.2) is 15.2 Å². The molecule has 0 radical (unpaired) electrons. The smallest absolute Gasteiger partial charge is 0.328 e. The molecular formula is C11H13N5O6. The maximum atomic E-state index is 11.4. The van der Waals surface area contributed by atoms with Crippen molar-refractivity contribution in [3.05, 3.63) is 32.0 Å². The van der Waals surface area contributed by atoms with Gasteiger partial charge in [-0.3, -0.25) is 35.0 Å². The molecule has 22 heavy (non-hydrogen) atoms. The first-order valence-electron chi connectivity index (χ1n) is 5.82. The van der Waals surface area contributed by atoms with Crippen LogP contribution in [0.1, 0.15) is 5.56 Å². The molecule has 0 atom stereocenters. The number of rotatable bonds is 1. The molecular weight excluding hydrogens is 298 g/mol. The molecule has 0 spiro atoms. The van der Waals surface area contributed by atoms with E-state index in [4.69, 9.17) is 0 Å². The Morgan fingerprint density at radius 3 is 1.91 bits per heavy atom. The fourth-order valence-electron chi connectivity index (χ4n) is 1.37. The molecule has 1 saturated heterocycles. The first kappa shape index (κ1) is 16.8. The lowest BCUT2D eigenvalue weighted by atomic mass is 10.1. The van der Waals surface area contributed by atoms with Gasteiger partial charge in [-0.15, -0.1) is 0 Å². The van der Waals surface area contributed by atoms with Crippen LogP contribution in [0, 0.1) is 0 Å². The molecule has 1 fully saturated rings. The summed E-state index contributed by atoms with van der Waals surface area (Å²) in [6.45, 7) is 0. The van der Waals surface area contributed by atoms with Crippen molar-refractivity contribution >= 4 is 23.9 Å². The number of urea groups is 1. The molecule has 118 valence electrons. The van der Waals surface area contributed by atoms with Gasteiger partial charge < -0.3 is 10.4 Å². The standard InChI is InChI=1S/C9H6N4O6.C2H7N/c14-4-2(5(15)11-8(18)10-4)1-3-6(16)12-9(19)13-7(3)17;1-3-2/h1H,(H2,10,11,14,15,18)(H3,12,13,16,17,19);3H,1-2H3. The number of H-pyrrole nitrogens is 2. The lowest BCUT2D eigenvalue weighted by Gasteiger charge is -2.13. The summed E-state index contributed by atoms with van der Waals surface area (Å²) < 4.78 is 0. The minimum Gasteiger partial charge on any atom is -0.494 e. The van der Waals surface area contributed by atoms with E-state index >= 15 is 0 Å². The number of amides is 4. The summed E-state index contributed by atoms with van der Waals surface area (Å²) in [5, 5.41) is 15.7. The third-order valence-electron chi connectivity index (χ3n) is 2.19. The van der Waals surface area contributed by atoms with Crippen molar-refractivity contribution in [3.63, 3.8) is 0 Å². The predicted molar refractivity (Wildman–Crippen MR) is 74.0 cm³/mol. The number of nitrogens with one attached hydrogen (secondary N) is 5. The minimum atomic E-state index is -1.03. The van der Waals surface area contributed by atoms with Crippen LogP contribution < -0.4 is 27.2 Å². The van der Waals surface area contributed by atoms with Gasteiger partial charge in [0.15, 0.2) is 0 Å². The lowest BCUT2D eigenvalue weighted by molar-refractivity contribution is -0.123. The minimum absolute atomic E-state index is 0.491. The van der Waals surface area contributed by atoms with Crippen molar-refractivity contribution in [1.29, 1.82) is 0 Å². The van der Waals surface area contributed by atoms with Gasteiger partial charge in [0.05, 0.1) is 0 Å². The Morgan fingerprint density at radius 1 is 0.955 bits per heavy atom. The molecule has 1 aliphatic heterocycles. The van der Waals surface area contributed by atoms with E-state index < -0.39 is 46.1 Å². The molecule has 1 aromatic heterocycles. The second kappa shape index (κ2) is 6.99. The highest BCUT2D eigenvalue weighted by Crippen LogP contribution is 2.12. The van der Waals surface area contributed by atoms with Crippen LogP contribution in [0.2, 0.25) is 0 Å². The van der Waals surface area contributed by atoms with E-state index in [-0.39, 0.29) is 0 Å². The van der Waals surface area contributed by atoms with Crippen LogP contribution in [0.3, 0.4) is 0 Å². The van der Waals surface area contributed by atoms with Gasteiger partial charge in [-0.05, 0) is 20.2 Å². The Kier molecular flexibility index (Phi) is 5.35. The Morgan fingerprint density at radius 2 is 1.45 bits per heavy atom. The third-order valence-corrected chi connectivity index (χ3v) is 2.19. The number of aromatic hydroxyl groups is 1. The van der Waals surface area contributed by atoms with E-state index in [0.29, 0.717) is 0 Å². The number of aromatic nitrogens is 2. The molecule has 4 amide bonds. The number of imide groups is 2. The Bertz CT molecular complexity index is 737. The Balaban J connectivity index is 0.000000745. The Labute approximate surface area is 122 Å². The summed E-state index contributed by atoms with van der Waals surface area (Å²) >= 11 is 0. The van der Waals surface area contributed by atoms with E-state index in [9.17, 15) is 29.1 Å². The second-order valence-corrected chi connectivity index (χ2v) is 3.97. The van der Waals surface area contributed by atoms with Crippen molar-refractivity contribution < 1.29 is 19.5 Å². The molecule has 11 nitrogen and oxygen atoms in total. The quantitative estimate of drug-likeness (QED) is 0.243. The number of carbonyl (C=O) groups excluding carboxylic acids is 3. The highest BCUT2D eigenvalue weighted by atomic mass is 16.3. The number of hydrogen-bond donors (Lipinski definition) is 6. The van der Waals surface area contributed by atoms with E-state index in [1.807, 2.05) is 19.1 Å². The fraction of sp³-hybridized carbons (Fsp3) is 0.182. The molecule has 0 saturated carbocycles. The number of aromatic amines is 2. The first-order chi connectivity index (χ1) is 10.3. The van der Waals surface area contributed by atoms with Gasteiger partial charge in [-0.1, -0.05) is 0 Å². The average molecular weight is 311 g/mol. The summed E-state index contributed by atoms with van der Waals surface area (Å²) in [4.78, 5) is 59.5. The monoisotopic (exact) mass is 311 g/mol. The van der Waals surface area contributed by atoms with Crippen molar-refractivity contribution in [2.45, 2.75) is 0 Å². The van der Waals surface area contributed by atoms with E-state index in [2.05, 4.69) is 5.32 Å². The normalized spacial score (nSPS) is 13.7. The second-order valence-electron chi connectivity index (χ2n) is 3.97. The van der Waals surface area contributed by atoms with Gasteiger partial charge in [0.25, 0.3) is 17.4 Å². The third kappa shape index (κ3) is 3.89. The van der Waals surface area contributed by atoms with E-state index in [1.165, 1.54) is 0 Å². The van der Waals surface area contributed by atoms with E-state index in [0.717, 1.165) is 6.08 Å². The molecule has 1 aromatic rings. The number of carbonyl (C=O) groups is 3. The zero-order valence-corrected chi connectivity index (χ0v) is 11.6. The zero-order valence-electron chi connectivity index (χ0n) is 11.6. The summed E-state index contributed by atoms with van der Waals surface area (Å²) in [6, 6.07) is -0.994. The Hall–Kier alpha value is -3.21. The topological polar surface area (TPSA) is 173 Å². The molecule has 0 bridgehead atoms. The van der Waals surface area contributed by atoms with Gasteiger partial charge >= 0.3 is 11.7 Å². The van der Waals surface area contributed by atoms with Gasteiger partial charge in [0.2, 0.25) is 5.88 Å². The van der Waals surface area contributed by atoms with Crippen LogP contribution in [-0.2, 0) is 9.59 Å². The number of hydrogen-bond acceptors (Lipinski definition) is 7. The van der Waals surface area contributed by atoms with Crippen molar-refractivity contribution in [3.8, 4) is 5.88 Å². The molecule has 11 heteroatoms.